The molecule has 0 bridgehead atoms. The molecule has 30 heavy (non-hydrogen) atoms. The highest BCUT2D eigenvalue weighted by Crippen LogP contribution is 2.41. The maximum atomic E-state index is 11.8. The SMILES string of the molecule is CCCCOc1c(O)nc(CC2(n3ccc4cccnc43)CCCC2)nc1C(=O)O. The molecule has 8 nitrogen and oxygen atoms in total. The van der Waals surface area contributed by atoms with Crippen LogP contribution in [0.5, 0.6) is 11.6 Å². The largest absolute Gasteiger partial charge is 0.491 e. The van der Waals surface area contributed by atoms with Crippen molar-refractivity contribution in [3.05, 3.63) is 42.1 Å². The molecular weight excluding hydrogens is 384 g/mol. The summed E-state index contributed by atoms with van der Waals surface area (Å²) >= 11 is 0. The van der Waals surface area contributed by atoms with Crippen LogP contribution in [-0.4, -0.2) is 42.3 Å². The fraction of sp³-hybridized carbons (Fsp3) is 0.455. The monoisotopic (exact) mass is 410 g/mol. The second-order valence-electron chi connectivity index (χ2n) is 7.86. The van der Waals surface area contributed by atoms with Gasteiger partial charge in [-0.25, -0.2) is 14.8 Å². The summed E-state index contributed by atoms with van der Waals surface area (Å²) in [6, 6.07) is 5.97. The van der Waals surface area contributed by atoms with Crippen molar-refractivity contribution in [2.75, 3.05) is 6.61 Å². The lowest BCUT2D eigenvalue weighted by atomic mass is 9.92. The van der Waals surface area contributed by atoms with Crippen molar-refractivity contribution in [2.24, 2.45) is 0 Å². The molecule has 0 amide bonds. The van der Waals surface area contributed by atoms with E-state index in [1.807, 2.05) is 31.3 Å². The first kappa shape index (κ1) is 20.1. The van der Waals surface area contributed by atoms with Gasteiger partial charge in [0, 0.05) is 24.2 Å². The predicted octanol–water partition coefficient (Wildman–Crippen LogP) is 3.92. The topological polar surface area (TPSA) is 110 Å². The highest BCUT2D eigenvalue weighted by molar-refractivity contribution is 5.89. The first-order valence-electron chi connectivity index (χ1n) is 10.4. The highest BCUT2D eigenvalue weighted by Gasteiger charge is 2.38. The Morgan fingerprint density at radius 1 is 1.27 bits per heavy atom. The number of carbonyl (C=O) groups is 1. The fourth-order valence-electron chi connectivity index (χ4n) is 4.34. The molecule has 1 aliphatic rings. The minimum absolute atomic E-state index is 0.159. The Labute approximate surface area is 174 Å². The first-order chi connectivity index (χ1) is 14.5. The molecule has 1 fully saturated rings. The second kappa shape index (κ2) is 8.30. The predicted molar refractivity (Wildman–Crippen MR) is 111 cm³/mol. The number of carboxylic acid groups (broad SMARTS) is 1. The summed E-state index contributed by atoms with van der Waals surface area (Å²) in [6.45, 7) is 2.31. The summed E-state index contributed by atoms with van der Waals surface area (Å²) in [5.74, 6) is -1.52. The summed E-state index contributed by atoms with van der Waals surface area (Å²) in [6.07, 6.45) is 9.79. The summed E-state index contributed by atoms with van der Waals surface area (Å²) in [7, 11) is 0. The van der Waals surface area contributed by atoms with Gasteiger partial charge in [-0.3, -0.25) is 0 Å². The van der Waals surface area contributed by atoms with E-state index in [2.05, 4.69) is 19.5 Å². The van der Waals surface area contributed by atoms with E-state index in [1.165, 1.54) is 0 Å². The van der Waals surface area contributed by atoms with E-state index in [0.29, 0.717) is 18.9 Å². The van der Waals surface area contributed by atoms with Crippen LogP contribution in [-0.2, 0) is 12.0 Å². The Balaban J connectivity index is 1.71. The number of hydrogen-bond acceptors (Lipinski definition) is 6. The zero-order valence-corrected chi connectivity index (χ0v) is 17.0. The Bertz CT molecular complexity index is 1060. The van der Waals surface area contributed by atoms with Crippen molar-refractivity contribution in [1.82, 2.24) is 19.5 Å². The van der Waals surface area contributed by atoms with Crippen molar-refractivity contribution in [2.45, 2.75) is 57.4 Å². The first-order valence-corrected chi connectivity index (χ1v) is 10.4. The van der Waals surface area contributed by atoms with Crippen LogP contribution in [0.4, 0.5) is 0 Å². The Morgan fingerprint density at radius 2 is 2.07 bits per heavy atom. The number of unbranched alkanes of at least 4 members (excludes halogenated alkanes) is 1. The lowest BCUT2D eigenvalue weighted by Gasteiger charge is -2.31. The number of rotatable bonds is 8. The molecule has 1 aliphatic carbocycles. The Kier molecular flexibility index (Phi) is 5.57. The Hall–Kier alpha value is -3.16. The molecule has 0 unspecified atom stereocenters. The molecule has 8 heteroatoms. The van der Waals surface area contributed by atoms with E-state index in [1.54, 1.807) is 6.20 Å². The Morgan fingerprint density at radius 3 is 2.80 bits per heavy atom. The summed E-state index contributed by atoms with van der Waals surface area (Å²) < 4.78 is 7.65. The molecule has 3 aromatic heterocycles. The number of nitrogens with zero attached hydrogens (tertiary/aromatic N) is 4. The third-order valence-corrected chi connectivity index (χ3v) is 5.82. The summed E-state index contributed by atoms with van der Waals surface area (Å²) in [4.78, 5) is 24.8. The average molecular weight is 410 g/mol. The van der Waals surface area contributed by atoms with Crippen molar-refractivity contribution in [1.29, 1.82) is 0 Å². The standard InChI is InChI=1S/C22H26N4O4/c1-2-3-13-30-18-17(21(28)29)24-16(25-20(18)27)14-22(9-4-5-10-22)26-12-8-15-7-6-11-23-19(15)26/h6-8,11-12H,2-5,9-10,13-14H2,1H3,(H,28,29)(H,24,25,27). The van der Waals surface area contributed by atoms with Gasteiger partial charge in [-0.1, -0.05) is 26.2 Å². The van der Waals surface area contributed by atoms with Crippen LogP contribution in [0.15, 0.2) is 30.6 Å². The molecule has 0 saturated heterocycles. The van der Waals surface area contributed by atoms with Crippen LogP contribution in [0.1, 0.15) is 61.8 Å². The number of aromatic nitrogens is 4. The molecule has 0 atom stereocenters. The van der Waals surface area contributed by atoms with Gasteiger partial charge in [0.05, 0.1) is 12.1 Å². The maximum Gasteiger partial charge on any atom is 0.358 e. The van der Waals surface area contributed by atoms with E-state index in [4.69, 9.17) is 4.74 Å². The van der Waals surface area contributed by atoms with Gasteiger partial charge >= 0.3 is 5.97 Å². The number of aromatic carboxylic acids is 1. The molecule has 3 aromatic rings. The number of carboxylic acids is 1. The third-order valence-electron chi connectivity index (χ3n) is 5.82. The zero-order valence-electron chi connectivity index (χ0n) is 17.0. The van der Waals surface area contributed by atoms with E-state index in [0.717, 1.165) is 49.6 Å². The maximum absolute atomic E-state index is 11.8. The number of aromatic hydroxyl groups is 1. The molecule has 2 N–H and O–H groups in total. The molecule has 0 aliphatic heterocycles. The average Bonchev–Trinajstić information content (AvgIpc) is 3.37. The second-order valence-corrected chi connectivity index (χ2v) is 7.86. The van der Waals surface area contributed by atoms with Crippen LogP contribution < -0.4 is 4.74 Å². The van der Waals surface area contributed by atoms with Crippen LogP contribution in [0, 0.1) is 0 Å². The molecule has 0 aromatic carbocycles. The summed E-state index contributed by atoms with van der Waals surface area (Å²) in [5, 5.41) is 21.1. The van der Waals surface area contributed by atoms with Crippen LogP contribution in [0.2, 0.25) is 0 Å². The van der Waals surface area contributed by atoms with Gasteiger partial charge in [0.2, 0.25) is 5.75 Å². The lowest BCUT2D eigenvalue weighted by molar-refractivity contribution is 0.0682. The normalized spacial score (nSPS) is 15.5. The minimum Gasteiger partial charge on any atom is -0.491 e. The lowest BCUT2D eigenvalue weighted by Crippen LogP contribution is -2.33. The smallest absolute Gasteiger partial charge is 0.358 e. The number of fused-ring (bicyclic) bond motifs is 1. The van der Waals surface area contributed by atoms with Gasteiger partial charge in [-0.15, -0.1) is 0 Å². The van der Waals surface area contributed by atoms with E-state index >= 15 is 0 Å². The van der Waals surface area contributed by atoms with Crippen molar-refractivity contribution < 1.29 is 19.7 Å². The molecule has 0 radical (unpaired) electrons. The van der Waals surface area contributed by atoms with Crippen molar-refractivity contribution >= 4 is 17.0 Å². The molecule has 1 saturated carbocycles. The van der Waals surface area contributed by atoms with Crippen molar-refractivity contribution in [3.8, 4) is 11.6 Å². The van der Waals surface area contributed by atoms with Gasteiger partial charge in [0.15, 0.2) is 5.69 Å². The highest BCUT2D eigenvalue weighted by atomic mass is 16.5. The fourth-order valence-corrected chi connectivity index (χ4v) is 4.34. The van der Waals surface area contributed by atoms with Gasteiger partial charge in [-0.2, -0.15) is 4.98 Å². The van der Waals surface area contributed by atoms with E-state index in [9.17, 15) is 15.0 Å². The van der Waals surface area contributed by atoms with Crippen LogP contribution >= 0.6 is 0 Å². The molecule has 4 rings (SSSR count). The number of pyridine rings is 1. The van der Waals surface area contributed by atoms with Crippen molar-refractivity contribution in [3.63, 3.8) is 0 Å². The zero-order chi connectivity index (χ0) is 21.1. The van der Waals surface area contributed by atoms with Gasteiger partial charge in [-0.05, 0) is 37.5 Å². The molecular formula is C22H26N4O4. The van der Waals surface area contributed by atoms with Crippen LogP contribution in [0.3, 0.4) is 0 Å². The molecule has 0 spiro atoms. The minimum atomic E-state index is -1.24. The molecule has 3 heterocycles. The third kappa shape index (κ3) is 3.69. The summed E-state index contributed by atoms with van der Waals surface area (Å²) in [5.41, 5.74) is 0.293. The quantitative estimate of drug-likeness (QED) is 0.542. The molecule has 158 valence electrons. The van der Waals surface area contributed by atoms with Crippen LogP contribution in [0.25, 0.3) is 11.0 Å². The number of ether oxygens (including phenoxy) is 1. The van der Waals surface area contributed by atoms with Gasteiger partial charge in [0.25, 0.3) is 5.88 Å². The van der Waals surface area contributed by atoms with E-state index in [-0.39, 0.29) is 17.0 Å². The number of hydrogen-bond donors (Lipinski definition) is 2. The van der Waals surface area contributed by atoms with Gasteiger partial charge in [0.1, 0.15) is 11.5 Å². The van der Waals surface area contributed by atoms with Gasteiger partial charge < -0.3 is 19.5 Å². The van der Waals surface area contributed by atoms with E-state index < -0.39 is 11.8 Å².